The molecule has 0 aromatic carbocycles. The van der Waals surface area contributed by atoms with E-state index in [9.17, 15) is 18.8 Å². The number of carboxylic acid groups (broad SMARTS) is 1. The zero-order chi connectivity index (χ0) is 13.5. The molecule has 18 heavy (non-hydrogen) atoms. The van der Waals surface area contributed by atoms with E-state index in [0.717, 1.165) is 0 Å². The van der Waals surface area contributed by atoms with Crippen LogP contribution in [0.1, 0.15) is 20.3 Å². The Kier molecular flexibility index (Phi) is 1.70. The van der Waals surface area contributed by atoms with Gasteiger partial charge in [-0.1, -0.05) is 13.8 Å². The van der Waals surface area contributed by atoms with E-state index in [-0.39, 0.29) is 6.42 Å². The van der Waals surface area contributed by atoms with Gasteiger partial charge in [-0.15, -0.1) is 0 Å². The van der Waals surface area contributed by atoms with Crippen LogP contribution in [0.25, 0.3) is 0 Å². The Balaban J connectivity index is 2.09. The van der Waals surface area contributed by atoms with E-state index >= 15 is 0 Å². The van der Waals surface area contributed by atoms with Crippen LogP contribution in [-0.2, 0) is 9.59 Å². The molecule has 98 valence electrons. The van der Waals surface area contributed by atoms with E-state index < -0.39 is 46.4 Å². The number of alkyl halides is 1. The number of carbonyl (C=O) groups excluding carboxylic acids is 2. The monoisotopic (exact) mass is 256 g/mol. The van der Waals surface area contributed by atoms with Crippen molar-refractivity contribution >= 4 is 17.9 Å². The summed E-state index contributed by atoms with van der Waals surface area (Å²) in [4.78, 5) is 34.2. The van der Waals surface area contributed by atoms with Crippen LogP contribution in [0.5, 0.6) is 0 Å². The molecule has 0 radical (unpaired) electrons. The number of aliphatic carboxylic acids is 1. The summed E-state index contributed by atoms with van der Waals surface area (Å²) in [7, 11) is 0. The Hall–Kier alpha value is -1.66. The Morgan fingerprint density at radius 1 is 1.39 bits per heavy atom. The van der Waals surface area contributed by atoms with E-state index in [1.807, 2.05) is 0 Å². The Labute approximate surface area is 102 Å². The fourth-order valence-electron chi connectivity index (χ4n) is 4.07. The minimum absolute atomic E-state index is 0.256. The Morgan fingerprint density at radius 3 is 2.39 bits per heavy atom. The predicted octanol–water partition coefficient (Wildman–Crippen LogP) is 0.0334. The highest BCUT2D eigenvalue weighted by Gasteiger charge is 2.88. The molecule has 7 heteroatoms. The molecular weight excluding hydrogens is 243 g/mol. The van der Waals surface area contributed by atoms with Crippen LogP contribution in [0.4, 0.5) is 9.18 Å². The maximum atomic E-state index is 14.5. The smallest absolute Gasteiger partial charge is 0.342 e. The van der Waals surface area contributed by atoms with Gasteiger partial charge in [-0.25, -0.2) is 14.0 Å². The molecule has 3 aliphatic rings. The third-order valence-electron chi connectivity index (χ3n) is 4.53. The summed E-state index contributed by atoms with van der Waals surface area (Å²) in [6, 6.07) is -0.684. The number of carbonyl (C=O) groups is 3. The third kappa shape index (κ3) is 0.968. The van der Waals surface area contributed by atoms with Crippen molar-refractivity contribution in [3.8, 4) is 0 Å². The quantitative estimate of drug-likeness (QED) is 0.577. The summed E-state index contributed by atoms with van der Waals surface area (Å²) in [5.74, 6) is -3.90. The van der Waals surface area contributed by atoms with E-state index in [1.165, 1.54) is 0 Å². The minimum atomic E-state index is -2.42. The SMILES string of the molecule is CC1(C)CC2(NC(=O)NC2=O)C2C1C2(F)C(=O)O. The second-order valence-electron chi connectivity index (χ2n) is 6.07. The van der Waals surface area contributed by atoms with Crippen molar-refractivity contribution in [2.24, 2.45) is 17.3 Å². The minimum Gasteiger partial charge on any atom is -0.479 e. The van der Waals surface area contributed by atoms with Crippen molar-refractivity contribution in [3.05, 3.63) is 0 Å². The number of amides is 3. The molecule has 1 spiro atoms. The first-order valence-electron chi connectivity index (χ1n) is 5.72. The lowest BCUT2D eigenvalue weighted by Crippen LogP contribution is -2.52. The van der Waals surface area contributed by atoms with Crippen LogP contribution in [0, 0.1) is 17.3 Å². The zero-order valence-electron chi connectivity index (χ0n) is 9.91. The van der Waals surface area contributed by atoms with Crippen LogP contribution in [0.2, 0.25) is 0 Å². The molecule has 3 N–H and O–H groups in total. The largest absolute Gasteiger partial charge is 0.479 e. The molecule has 2 saturated carbocycles. The number of carboxylic acids is 1. The van der Waals surface area contributed by atoms with Crippen molar-refractivity contribution in [2.75, 3.05) is 0 Å². The zero-order valence-corrected chi connectivity index (χ0v) is 9.91. The first-order valence-corrected chi connectivity index (χ1v) is 5.72. The second kappa shape index (κ2) is 2.67. The van der Waals surface area contributed by atoms with Crippen LogP contribution in [-0.4, -0.2) is 34.2 Å². The van der Waals surface area contributed by atoms with Crippen molar-refractivity contribution in [1.29, 1.82) is 0 Å². The lowest BCUT2D eigenvalue weighted by atomic mass is 9.78. The van der Waals surface area contributed by atoms with Crippen LogP contribution < -0.4 is 10.6 Å². The number of fused-ring (bicyclic) bond motifs is 2. The Bertz CT molecular complexity index is 505. The van der Waals surface area contributed by atoms with Gasteiger partial charge in [0.1, 0.15) is 5.54 Å². The lowest BCUT2D eigenvalue weighted by Gasteiger charge is -2.31. The molecule has 0 bridgehead atoms. The summed E-state index contributed by atoms with van der Waals surface area (Å²) < 4.78 is 14.5. The molecule has 4 unspecified atom stereocenters. The van der Waals surface area contributed by atoms with Gasteiger partial charge in [0.15, 0.2) is 0 Å². The number of urea groups is 1. The number of imide groups is 1. The van der Waals surface area contributed by atoms with Gasteiger partial charge < -0.3 is 10.4 Å². The maximum absolute atomic E-state index is 14.5. The molecule has 3 rings (SSSR count). The molecule has 2 aliphatic carbocycles. The van der Waals surface area contributed by atoms with Gasteiger partial charge in [0.2, 0.25) is 5.67 Å². The van der Waals surface area contributed by atoms with Gasteiger partial charge in [-0.05, 0) is 11.8 Å². The molecule has 6 nitrogen and oxygen atoms in total. The van der Waals surface area contributed by atoms with E-state index in [1.54, 1.807) is 13.8 Å². The average Bonchev–Trinajstić information content (AvgIpc) is 2.67. The summed E-state index contributed by atoms with van der Waals surface area (Å²) in [6.45, 7) is 3.45. The maximum Gasteiger partial charge on any atom is 0.342 e. The van der Waals surface area contributed by atoms with Gasteiger partial charge in [0.05, 0.1) is 0 Å². The van der Waals surface area contributed by atoms with Crippen molar-refractivity contribution in [3.63, 3.8) is 0 Å². The van der Waals surface area contributed by atoms with Gasteiger partial charge in [-0.2, -0.15) is 0 Å². The first-order chi connectivity index (χ1) is 8.16. The molecule has 0 aromatic heterocycles. The average molecular weight is 256 g/mol. The lowest BCUT2D eigenvalue weighted by molar-refractivity contribution is -0.148. The van der Waals surface area contributed by atoms with Crippen LogP contribution in [0.15, 0.2) is 0 Å². The molecule has 3 fully saturated rings. The van der Waals surface area contributed by atoms with Gasteiger partial charge in [0, 0.05) is 11.8 Å². The topological polar surface area (TPSA) is 95.5 Å². The number of rotatable bonds is 1. The highest BCUT2D eigenvalue weighted by molar-refractivity contribution is 6.09. The number of nitrogens with one attached hydrogen (secondary N) is 2. The van der Waals surface area contributed by atoms with Crippen molar-refractivity contribution < 1.29 is 23.9 Å². The normalized spacial score (nSPS) is 47.7. The van der Waals surface area contributed by atoms with Gasteiger partial charge >= 0.3 is 12.0 Å². The highest BCUT2D eigenvalue weighted by atomic mass is 19.1. The first kappa shape index (κ1) is 11.4. The van der Waals surface area contributed by atoms with E-state index in [0.29, 0.717) is 0 Å². The number of halogens is 1. The molecule has 1 saturated heterocycles. The summed E-state index contributed by atoms with van der Waals surface area (Å²) >= 11 is 0. The second-order valence-corrected chi connectivity index (χ2v) is 6.07. The molecular formula is C11H13FN2O4. The third-order valence-corrected chi connectivity index (χ3v) is 4.53. The summed E-state index contributed by atoms with van der Waals surface area (Å²) in [5, 5.41) is 13.5. The molecule has 3 amide bonds. The molecule has 4 atom stereocenters. The fraction of sp³-hybridized carbons (Fsp3) is 0.727. The number of hydrogen-bond donors (Lipinski definition) is 3. The summed E-state index contributed by atoms with van der Waals surface area (Å²) in [5.41, 5.74) is -4.47. The summed E-state index contributed by atoms with van der Waals surface area (Å²) in [6.07, 6.45) is 0.256. The molecule has 1 aliphatic heterocycles. The van der Waals surface area contributed by atoms with Crippen LogP contribution >= 0.6 is 0 Å². The predicted molar refractivity (Wildman–Crippen MR) is 56.3 cm³/mol. The number of hydrogen-bond acceptors (Lipinski definition) is 3. The fourth-order valence-corrected chi connectivity index (χ4v) is 4.07. The molecule has 1 heterocycles. The van der Waals surface area contributed by atoms with Crippen molar-refractivity contribution in [1.82, 2.24) is 10.6 Å². The van der Waals surface area contributed by atoms with Gasteiger partial charge in [0.25, 0.3) is 5.91 Å². The van der Waals surface area contributed by atoms with Crippen molar-refractivity contribution in [2.45, 2.75) is 31.5 Å². The van der Waals surface area contributed by atoms with Gasteiger partial charge in [-0.3, -0.25) is 10.1 Å². The highest BCUT2D eigenvalue weighted by Crippen LogP contribution is 2.74. The van der Waals surface area contributed by atoms with E-state index in [4.69, 9.17) is 5.11 Å². The van der Waals surface area contributed by atoms with Crippen LogP contribution in [0.3, 0.4) is 0 Å². The standard InChI is InChI=1S/C11H13FN2O4/c1-9(2)3-10(6(15)13-8(18)14-10)5-4(9)11(5,12)7(16)17/h4-5H,3H2,1-2H3,(H,16,17)(H2,13,14,15,18). The Morgan fingerprint density at radius 2 is 2.00 bits per heavy atom. The molecule has 0 aromatic rings. The van der Waals surface area contributed by atoms with E-state index in [2.05, 4.69) is 10.6 Å².